The maximum Gasteiger partial charge on any atom is 0.0904 e. The van der Waals surface area contributed by atoms with Crippen molar-refractivity contribution in [1.29, 1.82) is 0 Å². The molecule has 3 unspecified atom stereocenters. The van der Waals surface area contributed by atoms with Gasteiger partial charge in [-0.15, -0.1) is 0 Å². The van der Waals surface area contributed by atoms with E-state index in [1.165, 1.54) is 38.8 Å². The van der Waals surface area contributed by atoms with Crippen LogP contribution < -0.4 is 5.73 Å². The monoisotopic (exact) mass is 265 g/mol. The van der Waals surface area contributed by atoms with Crippen LogP contribution in [0, 0.1) is 17.3 Å². The maximum atomic E-state index is 11.5. The van der Waals surface area contributed by atoms with E-state index in [2.05, 4.69) is 9.80 Å². The van der Waals surface area contributed by atoms with Gasteiger partial charge >= 0.3 is 0 Å². The van der Waals surface area contributed by atoms with Crippen LogP contribution in [-0.4, -0.2) is 66.3 Å². The van der Waals surface area contributed by atoms with Crippen LogP contribution >= 0.6 is 0 Å². The summed E-state index contributed by atoms with van der Waals surface area (Å²) in [6.45, 7) is 7.10. The Balaban J connectivity index is 1.79. The number of fused-ring (bicyclic) bond motifs is 1. The summed E-state index contributed by atoms with van der Waals surface area (Å²) in [7, 11) is 0. The van der Waals surface area contributed by atoms with Crippen LogP contribution in [0.25, 0.3) is 0 Å². The van der Waals surface area contributed by atoms with Crippen molar-refractivity contribution >= 4 is 0 Å². The van der Waals surface area contributed by atoms with Gasteiger partial charge in [0.15, 0.2) is 0 Å². The molecule has 4 bridgehead atoms. The minimum atomic E-state index is -0.612. The summed E-state index contributed by atoms with van der Waals surface area (Å²) in [6.07, 6.45) is 5.29. The van der Waals surface area contributed by atoms with Crippen LogP contribution in [0.4, 0.5) is 0 Å². The molecule has 0 aromatic heterocycles. The highest BCUT2D eigenvalue weighted by Gasteiger charge is 2.65. The van der Waals surface area contributed by atoms with E-state index in [1.54, 1.807) is 0 Å². The lowest BCUT2D eigenvalue weighted by Crippen LogP contribution is -2.75. The van der Waals surface area contributed by atoms with E-state index in [-0.39, 0.29) is 5.41 Å². The lowest BCUT2D eigenvalue weighted by molar-refractivity contribution is -0.214. The molecular formula is C15H27N3O. The van der Waals surface area contributed by atoms with Gasteiger partial charge in [-0.3, -0.25) is 0 Å². The van der Waals surface area contributed by atoms with Crippen molar-refractivity contribution < 1.29 is 5.11 Å². The standard InChI is InChI=1S/C15H27N3O/c16-9-15(19)13-7-17-5-6-18(8-13)11-14(15,10-17)12-3-1-2-4-12/h12-13,19H,1-11,16H2. The summed E-state index contributed by atoms with van der Waals surface area (Å²) >= 11 is 0. The van der Waals surface area contributed by atoms with Gasteiger partial charge < -0.3 is 20.6 Å². The average Bonchev–Trinajstić information content (AvgIpc) is 2.81. The molecule has 4 heteroatoms. The third-order valence-corrected chi connectivity index (χ3v) is 6.69. The lowest BCUT2D eigenvalue weighted by atomic mass is 9.54. The summed E-state index contributed by atoms with van der Waals surface area (Å²) in [5, 5.41) is 11.5. The van der Waals surface area contributed by atoms with Crippen molar-refractivity contribution in [2.75, 3.05) is 45.8 Å². The number of hydrogen-bond donors (Lipinski definition) is 2. The van der Waals surface area contributed by atoms with Crippen LogP contribution in [0.3, 0.4) is 0 Å². The van der Waals surface area contributed by atoms with Crippen molar-refractivity contribution in [1.82, 2.24) is 9.80 Å². The molecule has 0 amide bonds. The number of aliphatic hydroxyl groups is 1. The van der Waals surface area contributed by atoms with E-state index < -0.39 is 5.60 Å². The molecule has 4 nitrogen and oxygen atoms in total. The van der Waals surface area contributed by atoms with Crippen molar-refractivity contribution in [3.8, 4) is 0 Å². The van der Waals surface area contributed by atoms with Gasteiger partial charge in [-0.2, -0.15) is 0 Å². The van der Waals surface area contributed by atoms with Crippen LogP contribution in [0.5, 0.6) is 0 Å². The first-order valence-corrected chi connectivity index (χ1v) is 8.05. The van der Waals surface area contributed by atoms with Gasteiger partial charge in [-0.05, 0) is 18.8 Å². The first-order valence-electron chi connectivity index (χ1n) is 8.05. The summed E-state index contributed by atoms with van der Waals surface area (Å²) in [4.78, 5) is 5.22. The SMILES string of the molecule is NCC1(O)C2CN3CCN(C2)CC1(C1CCCC1)C3. The van der Waals surface area contributed by atoms with Gasteiger partial charge in [0.2, 0.25) is 0 Å². The first-order chi connectivity index (χ1) is 9.18. The Bertz CT molecular complexity index is 352. The fourth-order valence-electron chi connectivity index (χ4n) is 5.72. The predicted octanol–water partition coefficient (Wildman–Crippen LogP) is 0.114. The van der Waals surface area contributed by atoms with Crippen LogP contribution in [0.1, 0.15) is 25.7 Å². The molecule has 3 N–H and O–H groups in total. The van der Waals surface area contributed by atoms with Gasteiger partial charge in [-0.1, -0.05) is 12.8 Å². The Morgan fingerprint density at radius 3 is 2.11 bits per heavy atom. The molecule has 3 atom stereocenters. The van der Waals surface area contributed by atoms with Crippen LogP contribution in [0.15, 0.2) is 0 Å². The van der Waals surface area contributed by atoms with Gasteiger partial charge in [0.1, 0.15) is 0 Å². The Kier molecular flexibility index (Phi) is 2.76. The molecule has 4 heterocycles. The van der Waals surface area contributed by atoms with Gasteiger partial charge in [-0.25, -0.2) is 0 Å². The molecule has 5 aliphatic rings. The van der Waals surface area contributed by atoms with E-state index in [9.17, 15) is 5.11 Å². The van der Waals surface area contributed by atoms with Crippen LogP contribution in [-0.2, 0) is 0 Å². The lowest BCUT2D eigenvalue weighted by Gasteiger charge is -2.62. The minimum absolute atomic E-state index is 0.0515. The van der Waals surface area contributed by atoms with Crippen molar-refractivity contribution in [3.05, 3.63) is 0 Å². The van der Waals surface area contributed by atoms with Crippen LogP contribution in [0.2, 0.25) is 0 Å². The second kappa shape index (κ2) is 4.17. The second-order valence-electron chi connectivity index (χ2n) is 7.43. The van der Waals surface area contributed by atoms with Crippen molar-refractivity contribution in [2.24, 2.45) is 23.0 Å². The number of piperidine rings is 2. The summed E-state index contributed by atoms with van der Waals surface area (Å²) < 4.78 is 0. The first kappa shape index (κ1) is 12.6. The molecule has 108 valence electrons. The molecule has 5 fully saturated rings. The van der Waals surface area contributed by atoms with Gasteiger partial charge in [0.25, 0.3) is 0 Å². The van der Waals surface area contributed by atoms with E-state index in [0.29, 0.717) is 18.4 Å². The molecular weight excluding hydrogens is 238 g/mol. The number of nitrogens with two attached hydrogens (primary N) is 1. The molecule has 1 aliphatic carbocycles. The fraction of sp³-hybridized carbons (Fsp3) is 1.00. The van der Waals surface area contributed by atoms with Gasteiger partial charge in [0, 0.05) is 57.1 Å². The van der Waals surface area contributed by atoms with E-state index in [1.807, 2.05) is 0 Å². The molecule has 0 spiro atoms. The molecule has 0 aromatic rings. The Labute approximate surface area is 115 Å². The third-order valence-electron chi connectivity index (χ3n) is 6.69. The molecule has 0 aromatic carbocycles. The van der Waals surface area contributed by atoms with Crippen molar-refractivity contribution in [2.45, 2.75) is 31.3 Å². The Hall–Kier alpha value is -0.160. The molecule has 0 radical (unpaired) electrons. The van der Waals surface area contributed by atoms with E-state index in [0.717, 1.165) is 26.2 Å². The zero-order valence-corrected chi connectivity index (χ0v) is 11.9. The maximum absolute atomic E-state index is 11.5. The highest BCUT2D eigenvalue weighted by Crippen LogP contribution is 2.55. The number of hydrogen-bond acceptors (Lipinski definition) is 4. The zero-order chi connectivity index (χ0) is 13.1. The largest absolute Gasteiger partial charge is 0.387 e. The minimum Gasteiger partial charge on any atom is -0.387 e. The molecule has 4 aliphatic heterocycles. The molecule has 5 rings (SSSR count). The molecule has 4 saturated heterocycles. The Morgan fingerprint density at radius 2 is 1.58 bits per heavy atom. The van der Waals surface area contributed by atoms with E-state index >= 15 is 0 Å². The second-order valence-corrected chi connectivity index (χ2v) is 7.43. The highest BCUT2D eigenvalue weighted by molar-refractivity contribution is 5.17. The smallest absolute Gasteiger partial charge is 0.0904 e. The fourth-order valence-corrected chi connectivity index (χ4v) is 5.72. The topological polar surface area (TPSA) is 52.7 Å². The third kappa shape index (κ3) is 1.54. The Morgan fingerprint density at radius 1 is 1.00 bits per heavy atom. The quantitative estimate of drug-likeness (QED) is 0.744. The summed E-state index contributed by atoms with van der Waals surface area (Å²) in [5.74, 6) is 1.05. The summed E-state index contributed by atoms with van der Waals surface area (Å²) in [5.41, 5.74) is 5.54. The molecule has 1 saturated carbocycles. The van der Waals surface area contributed by atoms with Gasteiger partial charge in [0.05, 0.1) is 5.60 Å². The molecule has 19 heavy (non-hydrogen) atoms. The number of nitrogens with zero attached hydrogens (tertiary/aromatic N) is 2. The highest BCUT2D eigenvalue weighted by atomic mass is 16.3. The van der Waals surface area contributed by atoms with Crippen molar-refractivity contribution in [3.63, 3.8) is 0 Å². The average molecular weight is 265 g/mol. The van der Waals surface area contributed by atoms with E-state index in [4.69, 9.17) is 5.73 Å². The summed E-state index contributed by atoms with van der Waals surface area (Å²) in [6, 6.07) is 0. The normalized spacial score (nSPS) is 53.7. The number of rotatable bonds is 2. The predicted molar refractivity (Wildman–Crippen MR) is 74.8 cm³/mol. The zero-order valence-electron chi connectivity index (χ0n) is 11.9.